The molecule has 3 rings (SSSR count). The van der Waals surface area contributed by atoms with E-state index in [-0.39, 0.29) is 0 Å². The van der Waals surface area contributed by atoms with Crippen LogP contribution >= 0.6 is 0 Å². The summed E-state index contributed by atoms with van der Waals surface area (Å²) < 4.78 is 0. The molecule has 0 aliphatic heterocycles. The lowest BCUT2D eigenvalue weighted by Gasteiger charge is -2.17. The van der Waals surface area contributed by atoms with E-state index in [0.717, 1.165) is 24.4 Å². The summed E-state index contributed by atoms with van der Waals surface area (Å²) in [6.45, 7) is 3.42. The van der Waals surface area contributed by atoms with Crippen molar-refractivity contribution in [2.24, 2.45) is 5.92 Å². The van der Waals surface area contributed by atoms with Crippen molar-refractivity contribution in [3.05, 3.63) is 35.4 Å². The summed E-state index contributed by atoms with van der Waals surface area (Å²) in [4.78, 5) is 0. The van der Waals surface area contributed by atoms with Crippen LogP contribution in [0.4, 0.5) is 0 Å². The molecule has 0 amide bonds. The second kappa shape index (κ2) is 4.81. The predicted molar refractivity (Wildman–Crippen MR) is 72.1 cm³/mol. The van der Waals surface area contributed by atoms with Crippen LogP contribution in [-0.4, -0.2) is 6.04 Å². The molecule has 0 spiro atoms. The molecule has 1 aromatic carbocycles. The molecule has 2 atom stereocenters. The lowest BCUT2D eigenvalue weighted by molar-refractivity contribution is 0.426. The van der Waals surface area contributed by atoms with E-state index in [1.807, 2.05) is 0 Å². The number of benzene rings is 1. The van der Waals surface area contributed by atoms with Gasteiger partial charge >= 0.3 is 0 Å². The van der Waals surface area contributed by atoms with Crippen molar-refractivity contribution in [1.29, 1.82) is 0 Å². The van der Waals surface area contributed by atoms with Gasteiger partial charge in [-0.3, -0.25) is 0 Å². The Labute approximate surface area is 105 Å². The van der Waals surface area contributed by atoms with Gasteiger partial charge in [0.1, 0.15) is 0 Å². The summed E-state index contributed by atoms with van der Waals surface area (Å²) in [5.74, 6) is 1.74. The third-order valence-corrected chi connectivity index (χ3v) is 4.46. The molecule has 92 valence electrons. The summed E-state index contributed by atoms with van der Waals surface area (Å²) in [7, 11) is 0. The largest absolute Gasteiger partial charge is 0.310 e. The summed E-state index contributed by atoms with van der Waals surface area (Å²) in [6, 6.07) is 10.0. The van der Waals surface area contributed by atoms with Crippen molar-refractivity contribution < 1.29 is 0 Å². The van der Waals surface area contributed by atoms with Crippen LogP contribution in [0.1, 0.15) is 56.1 Å². The lowest BCUT2D eigenvalue weighted by atomic mass is 10.1. The Morgan fingerprint density at radius 1 is 1.06 bits per heavy atom. The Kier molecular flexibility index (Phi) is 3.19. The highest BCUT2D eigenvalue weighted by atomic mass is 14.9. The second-order valence-corrected chi connectivity index (χ2v) is 5.91. The van der Waals surface area contributed by atoms with Gasteiger partial charge in [0.25, 0.3) is 0 Å². The van der Waals surface area contributed by atoms with Gasteiger partial charge in [-0.1, -0.05) is 37.6 Å². The van der Waals surface area contributed by atoms with Crippen molar-refractivity contribution >= 4 is 0 Å². The summed E-state index contributed by atoms with van der Waals surface area (Å²) in [5, 5.41) is 3.71. The molecule has 17 heavy (non-hydrogen) atoms. The van der Waals surface area contributed by atoms with Crippen molar-refractivity contribution in [1.82, 2.24) is 5.32 Å². The zero-order chi connectivity index (χ0) is 11.7. The number of hydrogen-bond acceptors (Lipinski definition) is 1. The zero-order valence-corrected chi connectivity index (χ0v) is 10.8. The first kappa shape index (κ1) is 11.3. The lowest BCUT2D eigenvalue weighted by Crippen LogP contribution is -2.30. The maximum absolute atomic E-state index is 3.71. The van der Waals surface area contributed by atoms with E-state index in [1.165, 1.54) is 37.7 Å². The van der Waals surface area contributed by atoms with Crippen LogP contribution in [0.5, 0.6) is 0 Å². The van der Waals surface area contributed by atoms with Gasteiger partial charge in [0.15, 0.2) is 0 Å². The topological polar surface area (TPSA) is 12.0 Å². The first-order chi connectivity index (χ1) is 8.33. The third kappa shape index (κ3) is 2.71. The molecular formula is C16H23N. The number of rotatable bonds is 4. The van der Waals surface area contributed by atoms with E-state index in [2.05, 4.69) is 36.5 Å². The molecule has 2 fully saturated rings. The van der Waals surface area contributed by atoms with Gasteiger partial charge in [0, 0.05) is 12.6 Å². The molecule has 0 bridgehead atoms. The van der Waals surface area contributed by atoms with E-state index in [0.29, 0.717) is 0 Å². The Morgan fingerprint density at radius 2 is 1.82 bits per heavy atom. The fraction of sp³-hybridized carbons (Fsp3) is 0.625. The molecule has 1 nitrogen and oxygen atoms in total. The molecule has 2 aliphatic rings. The van der Waals surface area contributed by atoms with Crippen LogP contribution in [-0.2, 0) is 6.54 Å². The first-order valence-electron chi connectivity index (χ1n) is 7.15. The Hall–Kier alpha value is -0.820. The van der Waals surface area contributed by atoms with E-state index < -0.39 is 0 Å². The van der Waals surface area contributed by atoms with Gasteiger partial charge in [-0.05, 0) is 48.6 Å². The minimum Gasteiger partial charge on any atom is -0.310 e. The smallest absolute Gasteiger partial charge is 0.0208 e. The Bertz CT molecular complexity index is 364. The predicted octanol–water partition coefficient (Wildman–Crippen LogP) is 3.84. The molecule has 2 unspecified atom stereocenters. The van der Waals surface area contributed by atoms with Crippen LogP contribution in [0.15, 0.2) is 24.3 Å². The van der Waals surface area contributed by atoms with E-state index >= 15 is 0 Å². The highest BCUT2D eigenvalue weighted by Crippen LogP contribution is 2.39. The molecule has 0 aromatic heterocycles. The molecule has 0 heterocycles. The Balaban J connectivity index is 1.53. The van der Waals surface area contributed by atoms with E-state index in [4.69, 9.17) is 0 Å². The van der Waals surface area contributed by atoms with E-state index in [1.54, 1.807) is 5.56 Å². The van der Waals surface area contributed by atoms with Crippen molar-refractivity contribution in [3.8, 4) is 0 Å². The molecule has 2 aliphatic carbocycles. The minimum atomic E-state index is 0.748. The summed E-state index contributed by atoms with van der Waals surface area (Å²) in [5.41, 5.74) is 2.98. The van der Waals surface area contributed by atoms with Gasteiger partial charge < -0.3 is 5.32 Å². The van der Waals surface area contributed by atoms with Crippen molar-refractivity contribution in [2.75, 3.05) is 0 Å². The second-order valence-electron chi connectivity index (χ2n) is 5.91. The van der Waals surface area contributed by atoms with Crippen molar-refractivity contribution in [2.45, 2.75) is 57.5 Å². The molecular weight excluding hydrogens is 206 g/mol. The van der Waals surface area contributed by atoms with Crippen LogP contribution in [0, 0.1) is 5.92 Å². The average molecular weight is 229 g/mol. The van der Waals surface area contributed by atoms with Gasteiger partial charge in [-0.25, -0.2) is 0 Å². The SMILES string of the molecule is CC1CCCC1NCc1ccc(C2CC2)cc1. The fourth-order valence-corrected chi connectivity index (χ4v) is 3.02. The van der Waals surface area contributed by atoms with Crippen LogP contribution in [0.2, 0.25) is 0 Å². The molecule has 1 N–H and O–H groups in total. The molecule has 1 heteroatoms. The summed E-state index contributed by atoms with van der Waals surface area (Å²) >= 11 is 0. The van der Waals surface area contributed by atoms with Gasteiger partial charge in [-0.15, -0.1) is 0 Å². The van der Waals surface area contributed by atoms with E-state index in [9.17, 15) is 0 Å². The first-order valence-corrected chi connectivity index (χ1v) is 7.15. The summed E-state index contributed by atoms with van der Waals surface area (Å²) in [6.07, 6.45) is 6.97. The van der Waals surface area contributed by atoms with Gasteiger partial charge in [0.05, 0.1) is 0 Å². The normalized spacial score (nSPS) is 28.5. The highest BCUT2D eigenvalue weighted by molar-refractivity contribution is 5.28. The maximum Gasteiger partial charge on any atom is 0.0208 e. The standard InChI is InChI=1S/C16H23N/c1-12-3-2-4-16(12)17-11-13-5-7-14(8-6-13)15-9-10-15/h5-8,12,15-17H,2-4,9-11H2,1H3. The average Bonchev–Trinajstić information content (AvgIpc) is 3.12. The van der Waals surface area contributed by atoms with Crippen molar-refractivity contribution in [3.63, 3.8) is 0 Å². The Morgan fingerprint density at radius 3 is 2.41 bits per heavy atom. The van der Waals surface area contributed by atoms with Crippen LogP contribution in [0.3, 0.4) is 0 Å². The zero-order valence-electron chi connectivity index (χ0n) is 10.8. The molecule has 1 aromatic rings. The maximum atomic E-state index is 3.71. The van der Waals surface area contributed by atoms with Gasteiger partial charge in [-0.2, -0.15) is 0 Å². The number of hydrogen-bond donors (Lipinski definition) is 1. The number of nitrogens with one attached hydrogen (secondary N) is 1. The highest BCUT2D eigenvalue weighted by Gasteiger charge is 2.24. The third-order valence-electron chi connectivity index (χ3n) is 4.46. The molecule has 2 saturated carbocycles. The quantitative estimate of drug-likeness (QED) is 0.827. The molecule has 0 radical (unpaired) electrons. The monoisotopic (exact) mass is 229 g/mol. The molecule has 0 saturated heterocycles. The van der Waals surface area contributed by atoms with Crippen LogP contribution in [0.25, 0.3) is 0 Å². The minimum absolute atomic E-state index is 0.748. The fourth-order valence-electron chi connectivity index (χ4n) is 3.02. The van der Waals surface area contributed by atoms with Gasteiger partial charge in [0.2, 0.25) is 0 Å². The van der Waals surface area contributed by atoms with Crippen LogP contribution < -0.4 is 5.32 Å².